The molecular formula is C24H19N5O5S. The van der Waals surface area contributed by atoms with Gasteiger partial charge < -0.3 is 20.1 Å². The number of aliphatic hydroxyl groups excluding tert-OH is 1. The summed E-state index contributed by atoms with van der Waals surface area (Å²) in [5.74, 6) is -1.04. The van der Waals surface area contributed by atoms with Gasteiger partial charge in [-0.1, -0.05) is 30.3 Å². The molecular weight excluding hydrogens is 470 g/mol. The maximum Gasteiger partial charge on any atom is 0.337 e. The maximum atomic E-state index is 13.0. The molecule has 0 fully saturated rings. The van der Waals surface area contributed by atoms with Crippen LogP contribution in [-0.2, 0) is 10.0 Å². The van der Waals surface area contributed by atoms with E-state index in [1.54, 1.807) is 6.07 Å². The number of imidazole rings is 1. The molecule has 0 saturated carbocycles. The van der Waals surface area contributed by atoms with E-state index >= 15 is 0 Å². The van der Waals surface area contributed by atoms with Crippen LogP contribution < -0.4 is 9.62 Å². The fourth-order valence-electron chi connectivity index (χ4n) is 3.90. The third-order valence-electron chi connectivity index (χ3n) is 5.57. The Hall–Kier alpha value is -4.64. The molecule has 1 aliphatic heterocycles. The minimum absolute atomic E-state index is 0.0377. The zero-order chi connectivity index (χ0) is 24.7. The van der Waals surface area contributed by atoms with E-state index in [-0.39, 0.29) is 39.9 Å². The van der Waals surface area contributed by atoms with Crippen LogP contribution in [0.3, 0.4) is 0 Å². The first-order valence-corrected chi connectivity index (χ1v) is 11.9. The summed E-state index contributed by atoms with van der Waals surface area (Å²) >= 11 is 0. The van der Waals surface area contributed by atoms with E-state index in [2.05, 4.69) is 14.7 Å². The molecule has 3 aromatic carbocycles. The van der Waals surface area contributed by atoms with Crippen molar-refractivity contribution < 1.29 is 23.4 Å². The molecule has 0 amide bonds. The van der Waals surface area contributed by atoms with Gasteiger partial charge in [-0.15, -0.1) is 0 Å². The highest BCUT2D eigenvalue weighted by molar-refractivity contribution is 7.92. The van der Waals surface area contributed by atoms with E-state index in [4.69, 9.17) is 5.41 Å². The Bertz CT molecular complexity index is 1610. The van der Waals surface area contributed by atoms with Crippen LogP contribution >= 0.6 is 0 Å². The Balaban J connectivity index is 1.44. The molecule has 2 heterocycles. The number of nitrogens with zero attached hydrogens (tertiary/aromatic N) is 2. The number of benzene rings is 3. The number of fused-ring (bicyclic) bond motifs is 1. The summed E-state index contributed by atoms with van der Waals surface area (Å²) in [7, 11) is -4.14. The lowest BCUT2D eigenvalue weighted by atomic mass is 10.2. The molecule has 1 aromatic heterocycles. The summed E-state index contributed by atoms with van der Waals surface area (Å²) in [6.45, 7) is -0.0377. The van der Waals surface area contributed by atoms with Crippen LogP contribution in [0.1, 0.15) is 16.2 Å². The van der Waals surface area contributed by atoms with Crippen LogP contribution in [0.2, 0.25) is 0 Å². The molecule has 5 rings (SSSR count). The topological polar surface area (TPSA) is 159 Å². The molecule has 0 bridgehead atoms. The lowest BCUT2D eigenvalue weighted by Crippen LogP contribution is -2.26. The molecule has 176 valence electrons. The highest BCUT2D eigenvalue weighted by Crippen LogP contribution is 2.32. The number of aromatic amines is 1. The Morgan fingerprint density at radius 1 is 1.06 bits per heavy atom. The SMILES string of the molecule is N=C1C(c2nc3ccccc3[nH]2)=C(O)CN1c1cccc(S(=O)(=O)Nc2ccccc2C(=O)O)c1. The van der Waals surface area contributed by atoms with Crippen LogP contribution in [0.5, 0.6) is 0 Å². The van der Waals surface area contributed by atoms with E-state index in [1.807, 2.05) is 24.3 Å². The number of sulfonamides is 1. The Labute approximate surface area is 199 Å². The number of carboxylic acid groups (broad SMARTS) is 1. The summed E-state index contributed by atoms with van der Waals surface area (Å²) < 4.78 is 28.4. The van der Waals surface area contributed by atoms with E-state index in [0.717, 1.165) is 5.52 Å². The summed E-state index contributed by atoms with van der Waals surface area (Å²) in [5, 5.41) is 28.6. The van der Waals surface area contributed by atoms with Gasteiger partial charge in [-0.3, -0.25) is 10.1 Å². The van der Waals surface area contributed by atoms with E-state index in [9.17, 15) is 23.4 Å². The molecule has 5 N–H and O–H groups in total. The molecule has 11 heteroatoms. The van der Waals surface area contributed by atoms with Gasteiger partial charge >= 0.3 is 5.97 Å². The predicted octanol–water partition coefficient (Wildman–Crippen LogP) is 3.83. The quantitative estimate of drug-likeness (QED) is 0.275. The number of hydrogen-bond acceptors (Lipinski definition) is 6. The summed E-state index contributed by atoms with van der Waals surface area (Å²) in [6.07, 6.45) is 0. The fraction of sp³-hybridized carbons (Fsp3) is 0.0417. The third-order valence-corrected chi connectivity index (χ3v) is 6.93. The normalized spacial score (nSPS) is 14.1. The average molecular weight is 490 g/mol. The number of rotatable bonds is 6. The van der Waals surface area contributed by atoms with Gasteiger partial charge in [-0.25, -0.2) is 18.2 Å². The van der Waals surface area contributed by atoms with Crippen molar-refractivity contribution in [1.29, 1.82) is 5.41 Å². The van der Waals surface area contributed by atoms with Crippen molar-refractivity contribution in [2.75, 3.05) is 16.2 Å². The van der Waals surface area contributed by atoms with Crippen molar-refractivity contribution in [2.45, 2.75) is 4.90 Å². The molecule has 0 saturated heterocycles. The highest BCUT2D eigenvalue weighted by Gasteiger charge is 2.32. The van der Waals surface area contributed by atoms with Gasteiger partial charge in [0.15, 0.2) is 0 Å². The molecule has 0 spiro atoms. The number of hydrogen-bond donors (Lipinski definition) is 5. The van der Waals surface area contributed by atoms with Gasteiger partial charge in [0.1, 0.15) is 17.4 Å². The minimum Gasteiger partial charge on any atom is -0.509 e. The number of carboxylic acids is 1. The van der Waals surface area contributed by atoms with Crippen LogP contribution in [0.15, 0.2) is 83.5 Å². The fourth-order valence-corrected chi connectivity index (χ4v) is 5.02. The molecule has 0 aliphatic carbocycles. The first-order valence-electron chi connectivity index (χ1n) is 10.4. The number of nitrogens with one attached hydrogen (secondary N) is 3. The van der Waals surface area contributed by atoms with Gasteiger partial charge in [0.05, 0.1) is 39.3 Å². The molecule has 35 heavy (non-hydrogen) atoms. The lowest BCUT2D eigenvalue weighted by molar-refractivity contribution is 0.0698. The molecule has 1 aliphatic rings. The first-order chi connectivity index (χ1) is 16.7. The van der Waals surface area contributed by atoms with E-state index in [0.29, 0.717) is 17.0 Å². The largest absolute Gasteiger partial charge is 0.509 e. The summed E-state index contributed by atoms with van der Waals surface area (Å²) in [5.41, 5.74) is 1.79. The van der Waals surface area contributed by atoms with Crippen LogP contribution in [0.4, 0.5) is 11.4 Å². The van der Waals surface area contributed by atoms with Crippen molar-refractivity contribution >= 4 is 49.8 Å². The summed E-state index contributed by atoms with van der Waals surface area (Å²) in [4.78, 5) is 20.3. The van der Waals surface area contributed by atoms with Crippen molar-refractivity contribution in [1.82, 2.24) is 9.97 Å². The number of aromatic carboxylic acids is 1. The van der Waals surface area contributed by atoms with Crippen molar-refractivity contribution in [2.24, 2.45) is 0 Å². The molecule has 0 unspecified atom stereocenters. The Morgan fingerprint density at radius 2 is 1.80 bits per heavy atom. The monoisotopic (exact) mass is 489 g/mol. The van der Waals surface area contributed by atoms with Crippen LogP contribution in [0, 0.1) is 5.41 Å². The highest BCUT2D eigenvalue weighted by atomic mass is 32.2. The molecule has 0 radical (unpaired) electrons. The standard InChI is InChI=1S/C24H19N5O5S/c25-22-21(23-26-18-10-3-4-11-19(18)27-23)20(30)13-29(22)14-6-5-7-15(12-14)35(33,34)28-17-9-2-1-8-16(17)24(31)32/h1-12,25,28,30H,13H2,(H,26,27)(H,31,32). The smallest absolute Gasteiger partial charge is 0.337 e. The van der Waals surface area contributed by atoms with Gasteiger partial charge in [-0.05, 0) is 42.5 Å². The first kappa shape index (κ1) is 22.2. The molecule has 0 atom stereocenters. The van der Waals surface area contributed by atoms with Crippen molar-refractivity contribution in [3.8, 4) is 0 Å². The number of H-pyrrole nitrogens is 1. The number of carbonyl (C=O) groups is 1. The second-order valence-electron chi connectivity index (χ2n) is 7.81. The van der Waals surface area contributed by atoms with Crippen LogP contribution in [-0.4, -0.2) is 46.9 Å². The summed E-state index contributed by atoms with van der Waals surface area (Å²) in [6, 6.07) is 18.9. The Kier molecular flexibility index (Phi) is 5.25. The number of para-hydroxylation sites is 3. The average Bonchev–Trinajstić information content (AvgIpc) is 3.38. The molecule has 4 aromatic rings. The van der Waals surface area contributed by atoms with Crippen molar-refractivity contribution in [3.63, 3.8) is 0 Å². The molecule has 10 nitrogen and oxygen atoms in total. The predicted molar refractivity (Wildman–Crippen MR) is 131 cm³/mol. The Morgan fingerprint density at radius 3 is 2.57 bits per heavy atom. The second kappa shape index (κ2) is 8.29. The number of aromatic nitrogens is 2. The van der Waals surface area contributed by atoms with Gasteiger partial charge in [-0.2, -0.15) is 0 Å². The second-order valence-corrected chi connectivity index (χ2v) is 9.49. The van der Waals surface area contributed by atoms with Crippen molar-refractivity contribution in [3.05, 3.63) is 89.9 Å². The van der Waals surface area contributed by atoms with Gasteiger partial charge in [0.2, 0.25) is 0 Å². The van der Waals surface area contributed by atoms with Gasteiger partial charge in [0.25, 0.3) is 10.0 Å². The van der Waals surface area contributed by atoms with E-state index in [1.165, 1.54) is 47.4 Å². The zero-order valence-corrected chi connectivity index (χ0v) is 18.9. The zero-order valence-electron chi connectivity index (χ0n) is 18.1. The number of aliphatic hydroxyl groups is 1. The number of amidine groups is 1. The maximum absolute atomic E-state index is 13.0. The minimum atomic E-state index is -4.14. The lowest BCUT2D eigenvalue weighted by Gasteiger charge is -2.19. The van der Waals surface area contributed by atoms with Gasteiger partial charge in [0, 0.05) is 5.69 Å². The third kappa shape index (κ3) is 3.97. The van der Waals surface area contributed by atoms with E-state index < -0.39 is 16.0 Å². The van der Waals surface area contributed by atoms with Crippen LogP contribution in [0.25, 0.3) is 16.6 Å². The number of anilines is 2.